The van der Waals surface area contributed by atoms with E-state index in [0.29, 0.717) is 23.3 Å². The third kappa shape index (κ3) is 2.12. The lowest BCUT2D eigenvalue weighted by atomic mass is 9.78. The molecule has 3 rings (SSSR count). The number of fused-ring (bicyclic) bond motifs is 1. The molecular weight excluding hydrogens is 242 g/mol. The molecule has 0 radical (unpaired) electrons. The van der Waals surface area contributed by atoms with E-state index in [1.165, 1.54) is 6.42 Å². The first-order chi connectivity index (χ1) is 9.09. The second kappa shape index (κ2) is 4.38. The molecule has 2 aromatic rings. The highest BCUT2D eigenvalue weighted by molar-refractivity contribution is 6.03. The highest BCUT2D eigenvalue weighted by Crippen LogP contribution is 2.32. The molecule has 0 bridgehead atoms. The van der Waals surface area contributed by atoms with E-state index in [1.54, 1.807) is 12.1 Å². The summed E-state index contributed by atoms with van der Waals surface area (Å²) in [5.41, 5.74) is 1.05. The van der Waals surface area contributed by atoms with Crippen molar-refractivity contribution in [1.29, 1.82) is 0 Å². The number of furan rings is 1. The topological polar surface area (TPSA) is 62.5 Å². The van der Waals surface area contributed by atoms with Crippen LogP contribution in [-0.4, -0.2) is 16.6 Å². The van der Waals surface area contributed by atoms with Gasteiger partial charge in [0.15, 0.2) is 0 Å². The van der Waals surface area contributed by atoms with Crippen molar-refractivity contribution < 1.29 is 14.3 Å². The summed E-state index contributed by atoms with van der Waals surface area (Å²) in [6, 6.07) is 7.27. The second-order valence-electron chi connectivity index (χ2n) is 5.47. The van der Waals surface area contributed by atoms with E-state index in [4.69, 9.17) is 4.42 Å². The van der Waals surface area contributed by atoms with Gasteiger partial charge in [-0.2, -0.15) is 0 Å². The molecule has 19 heavy (non-hydrogen) atoms. The van der Waals surface area contributed by atoms with Crippen LogP contribution in [0.1, 0.15) is 42.3 Å². The van der Waals surface area contributed by atoms with E-state index in [0.717, 1.165) is 12.8 Å². The fourth-order valence-corrected chi connectivity index (χ4v) is 2.63. The zero-order valence-corrected chi connectivity index (χ0v) is 10.9. The number of rotatable bonds is 4. The van der Waals surface area contributed by atoms with E-state index in [1.807, 2.05) is 12.1 Å². The summed E-state index contributed by atoms with van der Waals surface area (Å²) in [5, 5.41) is 13.4. The maximum absolute atomic E-state index is 11.4. The lowest BCUT2D eigenvalue weighted by Gasteiger charge is -2.39. The van der Waals surface area contributed by atoms with Crippen molar-refractivity contribution in [2.24, 2.45) is 0 Å². The standard InChI is InChI=1S/C15H17NO3/c1-15(7-4-8-15)16-9-12-13(14(17)18)10-5-2-3-6-11(10)19-12/h2-3,5-6,16H,4,7-9H2,1H3,(H,17,18). The van der Waals surface area contributed by atoms with E-state index in [2.05, 4.69) is 12.2 Å². The first kappa shape index (κ1) is 12.2. The van der Waals surface area contributed by atoms with Gasteiger partial charge >= 0.3 is 5.97 Å². The summed E-state index contributed by atoms with van der Waals surface area (Å²) >= 11 is 0. The zero-order chi connectivity index (χ0) is 13.5. The Kier molecular flexibility index (Phi) is 2.82. The molecule has 0 unspecified atom stereocenters. The van der Waals surface area contributed by atoms with Crippen molar-refractivity contribution in [2.75, 3.05) is 0 Å². The minimum Gasteiger partial charge on any atom is -0.478 e. The summed E-state index contributed by atoms with van der Waals surface area (Å²) in [5.74, 6) is -0.415. The second-order valence-corrected chi connectivity index (χ2v) is 5.47. The number of nitrogens with one attached hydrogen (secondary N) is 1. The summed E-state index contributed by atoms with van der Waals surface area (Å²) in [4.78, 5) is 11.4. The van der Waals surface area contributed by atoms with Crippen molar-refractivity contribution in [3.8, 4) is 0 Å². The largest absolute Gasteiger partial charge is 0.478 e. The van der Waals surface area contributed by atoms with Crippen molar-refractivity contribution in [2.45, 2.75) is 38.3 Å². The monoisotopic (exact) mass is 259 g/mol. The van der Waals surface area contributed by atoms with Crippen molar-refractivity contribution in [3.63, 3.8) is 0 Å². The third-order valence-electron chi connectivity index (χ3n) is 4.02. The summed E-state index contributed by atoms with van der Waals surface area (Å²) in [6.07, 6.45) is 3.50. The first-order valence-electron chi connectivity index (χ1n) is 6.58. The van der Waals surface area contributed by atoms with Crippen LogP contribution in [0, 0.1) is 0 Å². The average Bonchev–Trinajstić information content (AvgIpc) is 2.72. The van der Waals surface area contributed by atoms with Crippen LogP contribution in [0.25, 0.3) is 11.0 Å². The molecule has 1 aliphatic carbocycles. The molecule has 1 fully saturated rings. The Labute approximate surface area is 111 Å². The van der Waals surface area contributed by atoms with Gasteiger partial charge in [0.05, 0.1) is 6.54 Å². The Hall–Kier alpha value is -1.81. The minimum absolute atomic E-state index is 0.134. The number of benzene rings is 1. The van der Waals surface area contributed by atoms with Gasteiger partial charge in [-0.25, -0.2) is 4.79 Å². The van der Waals surface area contributed by atoms with E-state index < -0.39 is 5.97 Å². The van der Waals surface area contributed by atoms with Gasteiger partial charge in [0.25, 0.3) is 0 Å². The summed E-state index contributed by atoms with van der Waals surface area (Å²) < 4.78 is 5.68. The van der Waals surface area contributed by atoms with Gasteiger partial charge in [-0.1, -0.05) is 18.2 Å². The molecule has 1 aromatic heterocycles. The predicted molar refractivity (Wildman–Crippen MR) is 72.3 cm³/mol. The van der Waals surface area contributed by atoms with Crippen molar-refractivity contribution in [3.05, 3.63) is 35.6 Å². The molecule has 0 atom stereocenters. The molecule has 2 N–H and O–H groups in total. The highest BCUT2D eigenvalue weighted by atomic mass is 16.4. The molecule has 4 nitrogen and oxygen atoms in total. The fraction of sp³-hybridized carbons (Fsp3) is 0.400. The molecule has 100 valence electrons. The van der Waals surface area contributed by atoms with E-state index in [9.17, 15) is 9.90 Å². The van der Waals surface area contributed by atoms with Gasteiger partial charge in [0.1, 0.15) is 16.9 Å². The maximum atomic E-state index is 11.4. The Balaban J connectivity index is 1.93. The zero-order valence-electron chi connectivity index (χ0n) is 10.9. The predicted octanol–water partition coefficient (Wildman–Crippen LogP) is 3.16. The Morgan fingerprint density at radius 1 is 1.42 bits per heavy atom. The third-order valence-corrected chi connectivity index (χ3v) is 4.02. The molecule has 1 aromatic carbocycles. The first-order valence-corrected chi connectivity index (χ1v) is 6.58. The van der Waals surface area contributed by atoms with Gasteiger partial charge in [-0.3, -0.25) is 0 Å². The number of hydrogen-bond donors (Lipinski definition) is 2. The molecule has 1 saturated carbocycles. The van der Waals surface area contributed by atoms with Gasteiger partial charge in [0.2, 0.25) is 0 Å². The Morgan fingerprint density at radius 2 is 2.16 bits per heavy atom. The van der Waals surface area contributed by atoms with Crippen LogP contribution >= 0.6 is 0 Å². The lowest BCUT2D eigenvalue weighted by Crippen LogP contribution is -2.47. The van der Waals surface area contributed by atoms with Crippen LogP contribution in [0.5, 0.6) is 0 Å². The van der Waals surface area contributed by atoms with Crippen LogP contribution in [0.3, 0.4) is 0 Å². The number of hydrogen-bond acceptors (Lipinski definition) is 3. The number of carboxylic acids is 1. The van der Waals surface area contributed by atoms with E-state index in [-0.39, 0.29) is 11.1 Å². The van der Waals surface area contributed by atoms with Crippen LogP contribution in [0.2, 0.25) is 0 Å². The van der Waals surface area contributed by atoms with Gasteiger partial charge in [-0.15, -0.1) is 0 Å². The SMILES string of the molecule is CC1(NCc2oc3ccccc3c2C(=O)O)CCC1. The fourth-order valence-electron chi connectivity index (χ4n) is 2.63. The number of aromatic carboxylic acids is 1. The molecule has 1 heterocycles. The molecule has 0 saturated heterocycles. The molecule has 0 aliphatic heterocycles. The number of para-hydroxylation sites is 1. The van der Waals surface area contributed by atoms with Gasteiger partial charge in [0, 0.05) is 10.9 Å². The Morgan fingerprint density at radius 3 is 2.79 bits per heavy atom. The number of carbonyl (C=O) groups is 1. The van der Waals surface area contributed by atoms with Crippen LogP contribution < -0.4 is 5.32 Å². The molecule has 0 amide bonds. The van der Waals surface area contributed by atoms with Crippen molar-refractivity contribution >= 4 is 16.9 Å². The van der Waals surface area contributed by atoms with Crippen LogP contribution in [0.15, 0.2) is 28.7 Å². The molecule has 4 heteroatoms. The maximum Gasteiger partial charge on any atom is 0.339 e. The summed E-state index contributed by atoms with van der Waals surface area (Å²) in [6.45, 7) is 2.63. The number of carboxylic acid groups (broad SMARTS) is 1. The molecular formula is C15H17NO3. The van der Waals surface area contributed by atoms with Gasteiger partial charge < -0.3 is 14.8 Å². The summed E-state index contributed by atoms with van der Waals surface area (Å²) in [7, 11) is 0. The molecule has 0 spiro atoms. The van der Waals surface area contributed by atoms with Gasteiger partial charge in [-0.05, 0) is 32.3 Å². The van der Waals surface area contributed by atoms with Crippen molar-refractivity contribution in [1.82, 2.24) is 5.32 Å². The van der Waals surface area contributed by atoms with Crippen LogP contribution in [0.4, 0.5) is 0 Å². The lowest BCUT2D eigenvalue weighted by molar-refractivity contribution is 0.0695. The van der Waals surface area contributed by atoms with Crippen LogP contribution in [-0.2, 0) is 6.54 Å². The minimum atomic E-state index is -0.930. The Bertz CT molecular complexity index is 625. The average molecular weight is 259 g/mol. The quantitative estimate of drug-likeness (QED) is 0.885. The molecule has 1 aliphatic rings. The normalized spacial score (nSPS) is 17.3. The smallest absolute Gasteiger partial charge is 0.339 e. The van der Waals surface area contributed by atoms with E-state index >= 15 is 0 Å². The highest BCUT2D eigenvalue weighted by Gasteiger charge is 2.32.